The van der Waals surface area contributed by atoms with Gasteiger partial charge < -0.3 is 22.1 Å². The number of rotatable bonds is 3. The Morgan fingerprint density at radius 1 is 1.12 bits per heavy atom. The van der Waals surface area contributed by atoms with E-state index in [0.29, 0.717) is 15.9 Å². The summed E-state index contributed by atoms with van der Waals surface area (Å²) in [5.41, 5.74) is 21.5. The molecular weight excluding hydrogens is 510 g/mol. The van der Waals surface area contributed by atoms with Crippen LogP contribution < -0.4 is 22.1 Å². The molecule has 3 heterocycles. The Morgan fingerprint density at radius 2 is 1.91 bits per heavy atom. The van der Waals surface area contributed by atoms with E-state index in [9.17, 15) is 0 Å². The fourth-order valence-electron chi connectivity index (χ4n) is 4.76. The Hall–Kier alpha value is -2.07. The van der Waals surface area contributed by atoms with Crippen LogP contribution in [-0.4, -0.2) is 28.0 Å². The van der Waals surface area contributed by atoms with E-state index < -0.39 is 0 Å². The van der Waals surface area contributed by atoms with E-state index in [2.05, 4.69) is 54.0 Å². The second kappa shape index (κ2) is 8.37. The molecule has 10 heteroatoms. The molecule has 1 atom stereocenters. The van der Waals surface area contributed by atoms with Gasteiger partial charge in [-0.05, 0) is 54.0 Å². The maximum atomic E-state index is 6.72. The first-order valence-corrected chi connectivity index (χ1v) is 12.3. The predicted octanol–water partition coefficient (Wildman–Crippen LogP) is 4.45. The molecule has 7 nitrogen and oxygen atoms in total. The van der Waals surface area contributed by atoms with E-state index in [1.807, 2.05) is 0 Å². The number of anilines is 3. The number of fused-ring (bicyclic) bond motifs is 1. The molecular formula is C22H23BrClN7S. The molecule has 5 rings (SSSR count). The van der Waals surface area contributed by atoms with Crippen LogP contribution in [0.5, 0.6) is 0 Å². The molecule has 0 unspecified atom stereocenters. The number of aromatic nitrogens is 3. The van der Waals surface area contributed by atoms with Crippen molar-refractivity contribution in [3.63, 3.8) is 0 Å². The van der Waals surface area contributed by atoms with Crippen LogP contribution in [0.25, 0.3) is 0 Å². The second-order valence-electron chi connectivity index (χ2n) is 8.38. The molecule has 1 aliphatic heterocycles. The number of hydrogen-bond acceptors (Lipinski definition) is 8. The quantitative estimate of drug-likeness (QED) is 0.453. The molecule has 32 heavy (non-hydrogen) atoms. The summed E-state index contributed by atoms with van der Waals surface area (Å²) in [6, 6.07) is 8.31. The Labute approximate surface area is 204 Å². The van der Waals surface area contributed by atoms with Gasteiger partial charge in [0.15, 0.2) is 5.82 Å². The van der Waals surface area contributed by atoms with Gasteiger partial charge in [0.25, 0.3) is 0 Å². The van der Waals surface area contributed by atoms with E-state index in [1.54, 1.807) is 18.5 Å². The van der Waals surface area contributed by atoms with Crippen LogP contribution >= 0.6 is 39.3 Å². The van der Waals surface area contributed by atoms with Gasteiger partial charge in [0, 0.05) is 34.7 Å². The van der Waals surface area contributed by atoms with Crippen LogP contribution in [0.15, 0.2) is 51.1 Å². The third-order valence-electron chi connectivity index (χ3n) is 6.56. The number of nitrogens with two attached hydrogens (primary N) is 3. The predicted molar refractivity (Wildman–Crippen MR) is 133 cm³/mol. The minimum absolute atomic E-state index is 0.0697. The third-order valence-corrected chi connectivity index (χ3v) is 8.63. The molecule has 0 amide bonds. The van der Waals surface area contributed by atoms with Crippen molar-refractivity contribution in [1.82, 2.24) is 15.0 Å². The van der Waals surface area contributed by atoms with Crippen molar-refractivity contribution in [2.45, 2.75) is 35.2 Å². The topological polar surface area (TPSA) is 120 Å². The van der Waals surface area contributed by atoms with Gasteiger partial charge in [-0.15, -0.1) is 0 Å². The number of piperidine rings is 1. The van der Waals surface area contributed by atoms with Crippen LogP contribution in [0, 0.1) is 5.41 Å². The summed E-state index contributed by atoms with van der Waals surface area (Å²) in [6.07, 6.45) is 6.41. The number of hydrogen-bond donors (Lipinski definition) is 3. The molecule has 0 saturated carbocycles. The summed E-state index contributed by atoms with van der Waals surface area (Å²) in [5.74, 6) is 1.43. The molecule has 1 aliphatic carbocycles. The zero-order valence-electron chi connectivity index (χ0n) is 17.3. The molecule has 1 fully saturated rings. The summed E-state index contributed by atoms with van der Waals surface area (Å²) in [6.45, 7) is 1.74. The van der Waals surface area contributed by atoms with Crippen molar-refractivity contribution in [3.8, 4) is 0 Å². The SMILES string of the molecule is Nc1nc(N2CCC3(CC2)Cc2cc(Br)ccc2[C@H]3N)cnc1Sc1ccnc(N)c1Cl. The van der Waals surface area contributed by atoms with Crippen molar-refractivity contribution in [2.24, 2.45) is 11.1 Å². The third kappa shape index (κ3) is 3.81. The molecule has 3 aromatic rings. The van der Waals surface area contributed by atoms with E-state index in [4.69, 9.17) is 28.8 Å². The van der Waals surface area contributed by atoms with E-state index in [0.717, 1.165) is 47.5 Å². The zero-order chi connectivity index (χ0) is 22.5. The van der Waals surface area contributed by atoms with Crippen LogP contribution in [0.4, 0.5) is 17.5 Å². The fourth-order valence-corrected chi connectivity index (χ4v) is 6.18. The van der Waals surface area contributed by atoms with Gasteiger partial charge in [-0.1, -0.05) is 45.4 Å². The van der Waals surface area contributed by atoms with Crippen molar-refractivity contribution in [3.05, 3.63) is 57.3 Å². The standard InChI is InChI=1S/C22H23BrClN7S/c23-13-1-2-14-12(9-13)10-22(18(14)25)4-7-31(8-5-22)16-11-29-21(20(27)30-16)32-15-3-6-28-19(26)17(15)24/h1-3,6,9,11,18H,4-5,7-8,10,25H2,(H2,26,28)(H2,27,30)/t18-/m1/s1. The highest BCUT2D eigenvalue weighted by Crippen LogP contribution is 2.51. The smallest absolute Gasteiger partial charge is 0.158 e. The molecule has 2 aromatic heterocycles. The first-order valence-electron chi connectivity index (χ1n) is 10.4. The fraction of sp³-hybridized carbons (Fsp3) is 0.318. The van der Waals surface area contributed by atoms with Crippen molar-refractivity contribution < 1.29 is 0 Å². The Kier molecular flexibility index (Phi) is 5.69. The lowest BCUT2D eigenvalue weighted by atomic mass is 9.73. The number of nitrogen functional groups attached to an aromatic ring is 2. The highest BCUT2D eigenvalue weighted by Gasteiger charge is 2.46. The molecule has 6 N–H and O–H groups in total. The molecule has 0 bridgehead atoms. The summed E-state index contributed by atoms with van der Waals surface area (Å²) in [4.78, 5) is 16.1. The summed E-state index contributed by atoms with van der Waals surface area (Å²) < 4.78 is 1.11. The number of halogens is 2. The zero-order valence-corrected chi connectivity index (χ0v) is 20.4. The Bertz CT molecular complexity index is 1180. The maximum absolute atomic E-state index is 6.72. The van der Waals surface area contributed by atoms with Gasteiger partial charge in [0.1, 0.15) is 16.7 Å². The average Bonchev–Trinajstić information content (AvgIpc) is 3.03. The lowest BCUT2D eigenvalue weighted by Gasteiger charge is -2.42. The highest BCUT2D eigenvalue weighted by molar-refractivity contribution is 9.10. The first-order chi connectivity index (χ1) is 15.4. The van der Waals surface area contributed by atoms with E-state index in [1.165, 1.54) is 22.9 Å². The lowest BCUT2D eigenvalue weighted by Crippen LogP contribution is -2.44. The minimum Gasteiger partial charge on any atom is -0.382 e. The van der Waals surface area contributed by atoms with Gasteiger partial charge in [0.05, 0.1) is 11.2 Å². The first kappa shape index (κ1) is 21.8. The Morgan fingerprint density at radius 3 is 2.66 bits per heavy atom. The minimum atomic E-state index is 0.0697. The van der Waals surface area contributed by atoms with Gasteiger partial charge in [-0.2, -0.15) is 0 Å². The largest absolute Gasteiger partial charge is 0.382 e. The number of pyridine rings is 1. The van der Waals surface area contributed by atoms with Crippen LogP contribution in [0.3, 0.4) is 0 Å². The maximum Gasteiger partial charge on any atom is 0.158 e. The van der Waals surface area contributed by atoms with Crippen LogP contribution in [-0.2, 0) is 6.42 Å². The summed E-state index contributed by atoms with van der Waals surface area (Å²) in [7, 11) is 0. The monoisotopic (exact) mass is 531 g/mol. The summed E-state index contributed by atoms with van der Waals surface area (Å²) >= 11 is 11.2. The van der Waals surface area contributed by atoms with Crippen LogP contribution in [0.1, 0.15) is 30.0 Å². The average molecular weight is 533 g/mol. The molecule has 2 aliphatic rings. The molecule has 1 spiro atoms. The molecule has 0 radical (unpaired) electrons. The van der Waals surface area contributed by atoms with Crippen LogP contribution in [0.2, 0.25) is 5.02 Å². The van der Waals surface area contributed by atoms with Crippen molar-refractivity contribution >= 4 is 56.7 Å². The lowest BCUT2D eigenvalue weighted by molar-refractivity contribution is 0.187. The normalized spacial score (nSPS) is 19.3. The molecule has 1 saturated heterocycles. The van der Waals surface area contributed by atoms with Gasteiger partial charge in [-0.25, -0.2) is 15.0 Å². The van der Waals surface area contributed by atoms with E-state index in [-0.39, 0.29) is 17.3 Å². The summed E-state index contributed by atoms with van der Waals surface area (Å²) in [5, 5.41) is 0.985. The van der Waals surface area contributed by atoms with Crippen molar-refractivity contribution in [2.75, 3.05) is 29.5 Å². The molecule has 166 valence electrons. The van der Waals surface area contributed by atoms with E-state index >= 15 is 0 Å². The van der Waals surface area contributed by atoms with Gasteiger partial charge in [-0.3, -0.25) is 0 Å². The number of benzene rings is 1. The highest BCUT2D eigenvalue weighted by atomic mass is 79.9. The number of nitrogens with zero attached hydrogens (tertiary/aromatic N) is 4. The Balaban J connectivity index is 1.29. The van der Waals surface area contributed by atoms with Gasteiger partial charge in [0.2, 0.25) is 0 Å². The molecule has 1 aromatic carbocycles. The van der Waals surface area contributed by atoms with Gasteiger partial charge >= 0.3 is 0 Å². The van der Waals surface area contributed by atoms with Crippen molar-refractivity contribution in [1.29, 1.82) is 0 Å². The second-order valence-corrected chi connectivity index (χ2v) is 10.7.